The van der Waals surface area contributed by atoms with E-state index in [0.717, 1.165) is 95.5 Å². The van der Waals surface area contributed by atoms with E-state index in [9.17, 15) is 14.7 Å². The molecule has 1 rings (SSSR count). The molecule has 0 radical (unpaired) electrons. The lowest BCUT2D eigenvalue weighted by Gasteiger charge is -2.09. The Kier molecular flexibility index (Phi) is 29.3. The van der Waals surface area contributed by atoms with Crippen LogP contribution in [0.5, 0.6) is 0 Å². The summed E-state index contributed by atoms with van der Waals surface area (Å²) in [6.07, 6.45) is 45.5. The molecule has 0 aliphatic rings. The molecule has 48 heavy (non-hydrogen) atoms. The first kappa shape index (κ1) is 43.1. The molecule has 0 saturated heterocycles. The van der Waals surface area contributed by atoms with Gasteiger partial charge in [-0.05, 0) is 119 Å². The minimum Gasteiger partial charge on any atom is -0.481 e. The fourth-order valence-electron chi connectivity index (χ4n) is 5.91. The number of hydrogen-bond donors (Lipinski definition) is 3. The number of benzene rings is 1. The third-order valence-corrected chi connectivity index (χ3v) is 8.70. The summed E-state index contributed by atoms with van der Waals surface area (Å²) in [6, 6.07) is 6.72. The predicted octanol–water partition coefficient (Wildman–Crippen LogP) is 12.0. The smallest absolute Gasteiger partial charge is 0.303 e. The SMILES string of the molecule is O=C(O)CCCCCCC/C=C\C/C=C\CCCCCc1cc(CO)cc(CCCCC/C=C\C/C=C\CCCCCCCC(=O)O)c1. The molecule has 5 nitrogen and oxygen atoms in total. The normalized spacial score (nSPS) is 12.0. The highest BCUT2D eigenvalue weighted by Crippen LogP contribution is 2.17. The number of hydrogen-bond acceptors (Lipinski definition) is 3. The zero-order chi connectivity index (χ0) is 34.8. The first-order chi connectivity index (χ1) is 23.5. The summed E-state index contributed by atoms with van der Waals surface area (Å²) < 4.78 is 0. The fourth-order valence-corrected chi connectivity index (χ4v) is 5.91. The van der Waals surface area contributed by atoms with Gasteiger partial charge in [0.2, 0.25) is 0 Å². The average Bonchev–Trinajstić information content (AvgIpc) is 3.07. The van der Waals surface area contributed by atoms with Gasteiger partial charge in [0, 0.05) is 12.8 Å². The van der Waals surface area contributed by atoms with Crippen molar-refractivity contribution in [3.63, 3.8) is 0 Å². The fraction of sp³-hybridized carbons (Fsp3) is 0.628. The van der Waals surface area contributed by atoms with E-state index in [1.807, 2.05) is 0 Å². The molecule has 0 saturated carbocycles. The van der Waals surface area contributed by atoms with Gasteiger partial charge >= 0.3 is 11.9 Å². The maximum Gasteiger partial charge on any atom is 0.303 e. The van der Waals surface area contributed by atoms with Crippen LogP contribution in [-0.4, -0.2) is 27.3 Å². The Balaban J connectivity index is 2.06. The van der Waals surface area contributed by atoms with Gasteiger partial charge in [0.05, 0.1) is 6.61 Å². The summed E-state index contributed by atoms with van der Waals surface area (Å²) >= 11 is 0. The van der Waals surface area contributed by atoms with Crippen molar-refractivity contribution >= 4 is 11.9 Å². The molecule has 270 valence electrons. The van der Waals surface area contributed by atoms with Gasteiger partial charge in [-0.15, -0.1) is 0 Å². The summed E-state index contributed by atoms with van der Waals surface area (Å²) in [5.74, 6) is -1.37. The number of rotatable bonds is 33. The van der Waals surface area contributed by atoms with Gasteiger partial charge < -0.3 is 15.3 Å². The standard InChI is InChI=1S/C43H68O5/c44-38-41-36-39(31-27-23-19-15-11-7-3-1-5-9-13-17-21-25-29-33-42(45)46)35-40(37-41)32-28-24-20-16-12-8-4-2-6-10-14-18-22-26-30-34-43(47)48/h1-2,5-8,11-12,35-37,44H,3-4,9-10,13-34,38H2,(H,45,46)(H,47,48)/b5-1-,6-2-,11-7-,12-8-. The van der Waals surface area contributed by atoms with Gasteiger partial charge in [-0.1, -0.05) is 118 Å². The molecule has 0 heterocycles. The van der Waals surface area contributed by atoms with Crippen LogP contribution in [0, 0.1) is 0 Å². The van der Waals surface area contributed by atoms with Crippen LogP contribution in [0.25, 0.3) is 0 Å². The number of aliphatic hydroxyl groups excluding tert-OH is 1. The van der Waals surface area contributed by atoms with E-state index < -0.39 is 11.9 Å². The minimum atomic E-state index is -0.684. The summed E-state index contributed by atoms with van der Waals surface area (Å²) in [4.78, 5) is 21.0. The molecular weight excluding hydrogens is 596 g/mol. The topological polar surface area (TPSA) is 94.8 Å². The van der Waals surface area contributed by atoms with Crippen LogP contribution >= 0.6 is 0 Å². The van der Waals surface area contributed by atoms with Gasteiger partial charge in [-0.3, -0.25) is 9.59 Å². The molecule has 0 aliphatic heterocycles. The van der Waals surface area contributed by atoms with Crippen molar-refractivity contribution < 1.29 is 24.9 Å². The molecule has 0 unspecified atom stereocenters. The van der Waals surface area contributed by atoms with E-state index in [1.165, 1.54) is 75.3 Å². The maximum atomic E-state index is 10.5. The third-order valence-electron chi connectivity index (χ3n) is 8.70. The summed E-state index contributed by atoms with van der Waals surface area (Å²) in [5.41, 5.74) is 3.77. The van der Waals surface area contributed by atoms with Crippen molar-refractivity contribution in [3.8, 4) is 0 Å². The Labute approximate surface area is 293 Å². The van der Waals surface area contributed by atoms with E-state index in [2.05, 4.69) is 66.8 Å². The maximum absolute atomic E-state index is 10.5. The van der Waals surface area contributed by atoms with E-state index in [0.29, 0.717) is 12.8 Å². The number of carboxylic acids is 2. The van der Waals surface area contributed by atoms with Crippen molar-refractivity contribution in [3.05, 3.63) is 83.5 Å². The van der Waals surface area contributed by atoms with Gasteiger partial charge in [0.25, 0.3) is 0 Å². The van der Waals surface area contributed by atoms with Crippen LogP contribution < -0.4 is 0 Å². The lowest BCUT2D eigenvalue weighted by molar-refractivity contribution is -0.138. The molecule has 0 atom stereocenters. The number of aliphatic carboxylic acids is 2. The lowest BCUT2D eigenvalue weighted by Crippen LogP contribution is -1.95. The Bertz CT molecular complexity index is 973. The van der Waals surface area contributed by atoms with Crippen molar-refractivity contribution in [2.24, 2.45) is 0 Å². The van der Waals surface area contributed by atoms with E-state index in [1.54, 1.807) is 0 Å². The Morgan fingerprint density at radius 1 is 0.417 bits per heavy atom. The number of carboxylic acid groups (broad SMARTS) is 2. The zero-order valence-corrected chi connectivity index (χ0v) is 30.1. The number of aryl methyl sites for hydroxylation is 2. The highest BCUT2D eigenvalue weighted by Gasteiger charge is 2.03. The first-order valence-electron chi connectivity index (χ1n) is 19.3. The third kappa shape index (κ3) is 29.2. The molecule has 0 bridgehead atoms. The molecule has 3 N–H and O–H groups in total. The van der Waals surface area contributed by atoms with Crippen molar-refractivity contribution in [2.45, 2.75) is 174 Å². The molecule has 0 fully saturated rings. The number of unbranched alkanes of at least 4 members (excludes halogenated alkanes) is 16. The van der Waals surface area contributed by atoms with E-state index in [4.69, 9.17) is 10.2 Å². The second kappa shape index (κ2) is 32.6. The molecule has 0 spiro atoms. The summed E-state index contributed by atoms with van der Waals surface area (Å²) in [5, 5.41) is 27.1. The van der Waals surface area contributed by atoms with E-state index >= 15 is 0 Å². The quantitative estimate of drug-likeness (QED) is 0.0513. The van der Waals surface area contributed by atoms with Crippen LogP contribution in [-0.2, 0) is 29.0 Å². The molecule has 0 amide bonds. The van der Waals surface area contributed by atoms with Gasteiger partial charge in [0.15, 0.2) is 0 Å². The van der Waals surface area contributed by atoms with Crippen molar-refractivity contribution in [1.29, 1.82) is 0 Å². The van der Waals surface area contributed by atoms with Crippen LogP contribution in [0.2, 0.25) is 0 Å². The lowest BCUT2D eigenvalue weighted by atomic mass is 9.98. The summed E-state index contributed by atoms with van der Waals surface area (Å²) in [6.45, 7) is 0.114. The monoisotopic (exact) mass is 665 g/mol. The van der Waals surface area contributed by atoms with Crippen LogP contribution in [0.4, 0.5) is 0 Å². The zero-order valence-electron chi connectivity index (χ0n) is 30.1. The highest BCUT2D eigenvalue weighted by atomic mass is 16.4. The Morgan fingerprint density at radius 2 is 0.729 bits per heavy atom. The first-order valence-corrected chi connectivity index (χ1v) is 19.3. The van der Waals surface area contributed by atoms with Crippen molar-refractivity contribution in [1.82, 2.24) is 0 Å². The van der Waals surface area contributed by atoms with Crippen LogP contribution in [0.1, 0.15) is 171 Å². The molecule has 1 aromatic rings. The Hall–Kier alpha value is -2.92. The van der Waals surface area contributed by atoms with Gasteiger partial charge in [0.1, 0.15) is 0 Å². The average molecular weight is 665 g/mol. The summed E-state index contributed by atoms with van der Waals surface area (Å²) in [7, 11) is 0. The van der Waals surface area contributed by atoms with Gasteiger partial charge in [-0.25, -0.2) is 0 Å². The van der Waals surface area contributed by atoms with Crippen LogP contribution in [0.15, 0.2) is 66.8 Å². The van der Waals surface area contributed by atoms with Gasteiger partial charge in [-0.2, -0.15) is 0 Å². The highest BCUT2D eigenvalue weighted by molar-refractivity contribution is 5.66. The van der Waals surface area contributed by atoms with Crippen molar-refractivity contribution in [2.75, 3.05) is 0 Å². The van der Waals surface area contributed by atoms with E-state index in [-0.39, 0.29) is 6.61 Å². The molecule has 5 heteroatoms. The second-order valence-electron chi connectivity index (χ2n) is 13.3. The Morgan fingerprint density at radius 3 is 1.08 bits per heavy atom. The molecule has 1 aromatic carbocycles. The molecular formula is C43H68O5. The number of carbonyl (C=O) groups is 2. The molecule has 0 aliphatic carbocycles. The number of allylic oxidation sites excluding steroid dienone is 8. The van der Waals surface area contributed by atoms with Crippen LogP contribution in [0.3, 0.4) is 0 Å². The predicted molar refractivity (Wildman–Crippen MR) is 202 cm³/mol. The molecule has 0 aromatic heterocycles. The minimum absolute atomic E-state index is 0.114. The number of aliphatic hydroxyl groups is 1. The second-order valence-corrected chi connectivity index (χ2v) is 13.3. The largest absolute Gasteiger partial charge is 0.481 e.